The van der Waals surface area contributed by atoms with Gasteiger partial charge in [0.05, 0.1) is 79.8 Å². The number of rotatable bonds is 66. The third-order valence-electron chi connectivity index (χ3n) is 21.9. The van der Waals surface area contributed by atoms with Crippen molar-refractivity contribution in [1.29, 1.82) is 0 Å². The van der Waals surface area contributed by atoms with Gasteiger partial charge in [0.25, 0.3) is 0 Å². The second-order valence-corrected chi connectivity index (χ2v) is 35.1. The van der Waals surface area contributed by atoms with Crippen LogP contribution in [0.25, 0.3) is 0 Å². The maximum Gasteiger partial charge on any atom is 0.306 e. The first-order valence-electron chi connectivity index (χ1n) is 48.1. The fraction of sp³-hybridized carbons (Fsp3) is 0.491. The van der Waals surface area contributed by atoms with Gasteiger partial charge in [-0.1, -0.05) is 160 Å². The molecule has 0 fully saturated rings. The third-order valence-corrected chi connectivity index (χ3v) is 21.9. The van der Waals surface area contributed by atoms with E-state index in [-0.39, 0.29) is 77.8 Å². The summed E-state index contributed by atoms with van der Waals surface area (Å²) >= 11 is 0. The molecule has 0 spiro atoms. The van der Waals surface area contributed by atoms with Crippen LogP contribution in [-0.2, 0) is 109 Å². The van der Waals surface area contributed by atoms with Crippen LogP contribution in [0.4, 0.5) is 0 Å². The largest absolute Gasteiger partial charge is 0.497 e. The van der Waals surface area contributed by atoms with Gasteiger partial charge in [0.2, 0.25) is 0 Å². The number of aryl methyl sites for hydroxylation is 8. The predicted octanol–water partition coefficient (Wildman–Crippen LogP) is 18.3. The van der Waals surface area contributed by atoms with Gasteiger partial charge in [-0.05, 0) is 276 Å². The van der Waals surface area contributed by atoms with Crippen LogP contribution in [0, 0.1) is 0 Å². The van der Waals surface area contributed by atoms with Crippen molar-refractivity contribution in [1.82, 2.24) is 19.6 Å². The van der Waals surface area contributed by atoms with Crippen LogP contribution in [0.1, 0.15) is 186 Å². The first-order chi connectivity index (χ1) is 66.5. The summed E-state index contributed by atoms with van der Waals surface area (Å²) in [4.78, 5) is 98.4. The summed E-state index contributed by atoms with van der Waals surface area (Å²) in [6.45, 7) is 2.83. The smallest absolute Gasteiger partial charge is 0.306 e. The number of aliphatic carboxylic acids is 4. The quantitative estimate of drug-likeness (QED) is 0.0156. The Morgan fingerprint density at radius 1 is 0.239 bits per heavy atom. The number of hydrogen-bond acceptors (Lipinski definition) is 24. The summed E-state index contributed by atoms with van der Waals surface area (Å²) in [5.74, 6) is 0.598. The van der Waals surface area contributed by atoms with Crippen LogP contribution in [0.15, 0.2) is 194 Å². The van der Waals surface area contributed by atoms with Gasteiger partial charge in [0, 0.05) is 26.2 Å². The van der Waals surface area contributed by atoms with Crippen LogP contribution >= 0.6 is 0 Å². The Bertz CT molecular complexity index is 4810. The summed E-state index contributed by atoms with van der Waals surface area (Å²) in [6.07, 6.45) is 20.0. The molecule has 28 heteroatoms. The Hall–Kier alpha value is -12.2. The van der Waals surface area contributed by atoms with Crippen LogP contribution in [0.5, 0.6) is 46.0 Å². The first kappa shape index (κ1) is 116. The lowest BCUT2D eigenvalue weighted by Crippen LogP contribution is -2.35. The summed E-state index contributed by atoms with van der Waals surface area (Å²) in [5, 5.41) is 35.1. The number of carbonyl (C=O) groups excluding carboxylic acids is 4. The van der Waals surface area contributed by atoms with Crippen LogP contribution in [-0.4, -0.2) is 250 Å². The Labute approximate surface area is 817 Å². The van der Waals surface area contributed by atoms with Gasteiger partial charge in [-0.3, -0.25) is 38.4 Å². The van der Waals surface area contributed by atoms with Crippen molar-refractivity contribution in [2.75, 3.05) is 137 Å². The van der Waals surface area contributed by atoms with Crippen LogP contribution in [0.2, 0.25) is 0 Å². The van der Waals surface area contributed by atoms with Gasteiger partial charge >= 0.3 is 47.8 Å². The molecule has 0 aromatic heterocycles. The van der Waals surface area contributed by atoms with Crippen molar-refractivity contribution in [3.05, 3.63) is 239 Å². The molecule has 0 saturated carbocycles. The number of carboxylic acids is 4. The molecule has 8 aromatic carbocycles. The molecule has 0 aliphatic rings. The van der Waals surface area contributed by atoms with E-state index < -0.39 is 72.2 Å². The maximum absolute atomic E-state index is 12.0. The van der Waals surface area contributed by atoms with Crippen molar-refractivity contribution in [2.24, 2.45) is 0 Å². The van der Waals surface area contributed by atoms with Crippen molar-refractivity contribution in [3.63, 3.8) is 0 Å². The molecule has 756 valence electrons. The van der Waals surface area contributed by atoms with Crippen LogP contribution < -0.4 is 37.9 Å². The molecule has 138 heavy (non-hydrogen) atoms. The molecule has 8 aromatic rings. The number of unbranched alkanes of at least 4 members (excludes halogenated alkanes) is 10. The van der Waals surface area contributed by atoms with Crippen LogP contribution in [0.3, 0.4) is 0 Å². The predicted molar refractivity (Wildman–Crippen MR) is 535 cm³/mol. The molecule has 28 nitrogen and oxygen atoms in total. The zero-order valence-electron chi connectivity index (χ0n) is 83.4. The number of carbonyl (C=O) groups is 8. The summed E-state index contributed by atoms with van der Waals surface area (Å²) in [7, 11) is 21.9. The SMILES string of the molecule is COc1cccc(CCCCCCCc2ccccc2OCC(CN(C)C)OC(=O)CCC(=O)O)c1.COc1cccc(CCCCCCc2ccccc2OCC(CN(C)C)OC(=O)CCC(=O)O)c1.COc1cccc(CCCCCc2ccccc2OCC(CN(C)C)OC(=O)CCC(=O)O)c1.COc1cccc(CCCCc2ccccc2OCC(CN(C)C)OC(=O)CCC(=O)O)c1. The minimum atomic E-state index is -1.02. The molecule has 0 radical (unpaired) electrons. The molecule has 0 heterocycles. The molecule has 0 saturated heterocycles. The summed E-state index contributed by atoms with van der Waals surface area (Å²) < 4.78 is 67.2. The van der Waals surface area contributed by atoms with E-state index in [1.807, 2.05) is 197 Å². The Morgan fingerprint density at radius 3 is 0.638 bits per heavy atom. The van der Waals surface area contributed by atoms with Gasteiger partial charge in [0.15, 0.2) is 0 Å². The van der Waals surface area contributed by atoms with E-state index in [1.165, 1.54) is 41.5 Å². The molecule has 0 bridgehead atoms. The van der Waals surface area contributed by atoms with Gasteiger partial charge in [0.1, 0.15) is 96.8 Å². The number of para-hydroxylation sites is 4. The van der Waals surface area contributed by atoms with E-state index in [0.717, 1.165) is 190 Å². The highest BCUT2D eigenvalue weighted by Gasteiger charge is 2.24. The average molecular weight is 1910 g/mol. The minimum Gasteiger partial charge on any atom is -0.497 e. The van der Waals surface area contributed by atoms with E-state index in [4.69, 9.17) is 77.3 Å². The molecule has 4 unspecified atom stereocenters. The highest BCUT2D eigenvalue weighted by molar-refractivity contribution is 5.78. The minimum absolute atomic E-state index is 0.143. The summed E-state index contributed by atoms with van der Waals surface area (Å²) in [6, 6.07) is 64.6. The van der Waals surface area contributed by atoms with Crippen molar-refractivity contribution < 1.29 is 116 Å². The zero-order valence-corrected chi connectivity index (χ0v) is 83.4. The molecule has 0 aliphatic carbocycles. The van der Waals surface area contributed by atoms with Gasteiger partial charge in [-0.2, -0.15) is 0 Å². The lowest BCUT2D eigenvalue weighted by molar-refractivity contribution is -0.154. The van der Waals surface area contributed by atoms with E-state index in [0.29, 0.717) is 26.2 Å². The molecule has 8 rings (SSSR count). The topological polar surface area (TPSA) is 341 Å². The number of hydrogen-bond donors (Lipinski definition) is 4. The molecule has 0 aliphatic heterocycles. The number of esters is 4. The normalized spacial score (nSPS) is 11.8. The number of carboxylic acid groups (broad SMARTS) is 4. The number of nitrogens with zero attached hydrogens (tertiary/aromatic N) is 4. The molecule has 4 N–H and O–H groups in total. The van der Waals surface area contributed by atoms with Crippen molar-refractivity contribution in [2.45, 2.75) is 217 Å². The van der Waals surface area contributed by atoms with Crippen molar-refractivity contribution >= 4 is 47.8 Å². The number of benzene rings is 8. The van der Waals surface area contributed by atoms with E-state index in [9.17, 15) is 38.4 Å². The Kier molecular flexibility index (Phi) is 58.6. The highest BCUT2D eigenvalue weighted by Crippen LogP contribution is 2.29. The van der Waals surface area contributed by atoms with Gasteiger partial charge in [-0.15, -0.1) is 0 Å². The monoisotopic (exact) mass is 1910 g/mol. The highest BCUT2D eigenvalue weighted by atomic mass is 16.6. The molecule has 4 atom stereocenters. The third kappa shape index (κ3) is 54.0. The second-order valence-electron chi connectivity index (χ2n) is 35.1. The fourth-order valence-electron chi connectivity index (χ4n) is 15.0. The van der Waals surface area contributed by atoms with E-state index in [2.05, 4.69) is 72.8 Å². The molecular weight excluding hydrogens is 1760 g/mol. The fourth-order valence-corrected chi connectivity index (χ4v) is 15.0. The molecular formula is C110H152N4O24. The van der Waals surface area contributed by atoms with Gasteiger partial charge in [-0.25, -0.2) is 0 Å². The first-order valence-corrected chi connectivity index (χ1v) is 48.1. The number of ether oxygens (including phenoxy) is 12. The lowest BCUT2D eigenvalue weighted by atomic mass is 10.0. The second kappa shape index (κ2) is 69.5. The Morgan fingerprint density at radius 2 is 0.428 bits per heavy atom. The number of likely N-dealkylation sites (N-methyl/N-ethyl adjacent to an activating group) is 4. The van der Waals surface area contributed by atoms with Crippen molar-refractivity contribution in [3.8, 4) is 46.0 Å². The average Bonchev–Trinajstić information content (AvgIpc) is 0.878. The standard InChI is InChI=1S/C29H41NO6.C28H39NO6.C27H37NO6.C26H35NO6/c1-30(2)21-26(36-29(33)19-18-28(31)32)22-35-27-17-10-9-15-24(27)14-8-6-4-5-7-12-23-13-11-16-25(20-23)34-3;1-29(2)20-25(35-28(32)18-17-27(30)31)21-34-26-16-9-8-14-23(26)13-7-5-4-6-11-22-12-10-15-24(19-22)33-3;1-28(2)19-24(34-27(31)17-16-26(29)30)20-33-25-15-8-7-13-22(25)12-6-4-5-10-21-11-9-14-23(18-21)32-3;1-27(2)18-23(33-26(30)16-15-25(28)29)19-32-24-14-7-6-12-21(24)11-5-4-9-20-10-8-13-22(17-20)31-3/h9-11,13,15-17,20,26H,4-8,12,14,18-19,21-22H2,1-3H3,(H,31,32);8-10,12,14-16,19,25H,4-7,11,13,17-18,20-21H2,1-3H3,(H,30,31);7-9,11,13-15,18,24H,4-6,10,12,16-17,19-20H2,1-3H3,(H,29,30);6-8,10,12-14,17,23H,4-5,9,11,15-16,18-19H2,1-3H3,(H,28,29). The lowest BCUT2D eigenvalue weighted by Gasteiger charge is -2.22. The van der Waals surface area contributed by atoms with E-state index >= 15 is 0 Å². The number of methoxy groups -OCH3 is 4. The maximum atomic E-state index is 12.0. The van der Waals surface area contributed by atoms with Gasteiger partial charge < -0.3 is 96.9 Å². The zero-order chi connectivity index (χ0) is 100. The Balaban J connectivity index is 0.000000325. The molecule has 0 amide bonds. The summed E-state index contributed by atoms with van der Waals surface area (Å²) in [5.41, 5.74) is 9.70. The van der Waals surface area contributed by atoms with E-state index in [1.54, 1.807) is 28.4 Å².